The topological polar surface area (TPSA) is 52.0 Å². The molecule has 1 N–H and O–H groups in total. The van der Waals surface area contributed by atoms with Crippen molar-refractivity contribution in [2.45, 2.75) is 32.5 Å². The quantitative estimate of drug-likeness (QED) is 0.432. The number of rotatable bonds is 9. The minimum Gasteiger partial charge on any atom is -0.481 e. The summed E-state index contributed by atoms with van der Waals surface area (Å²) in [4.78, 5) is 4.52. The van der Waals surface area contributed by atoms with Gasteiger partial charge in [-0.3, -0.25) is 4.68 Å². The highest BCUT2D eigenvalue weighted by atomic mass is 16.5. The van der Waals surface area contributed by atoms with Crippen molar-refractivity contribution < 1.29 is 4.74 Å². The Morgan fingerprint density at radius 1 is 0.935 bits per heavy atom. The summed E-state index contributed by atoms with van der Waals surface area (Å²) in [7, 11) is 1.64. The van der Waals surface area contributed by atoms with Gasteiger partial charge in [-0.1, -0.05) is 66.7 Å². The molecule has 0 saturated carbocycles. The molecule has 2 aromatic heterocycles. The molecule has 0 spiro atoms. The standard InChI is InChI=1S/C26H28N4O/c1-20(16-24-14-9-15-25(28-24)31-2)27-17-23-19-30(18-21-10-5-3-6-11-21)29-26(23)22-12-7-4-8-13-22/h3-15,19-20,27H,16-18H2,1-2H3. The Hall–Kier alpha value is -3.44. The summed E-state index contributed by atoms with van der Waals surface area (Å²) in [6, 6.07) is 26.9. The molecule has 0 fully saturated rings. The highest BCUT2D eigenvalue weighted by Crippen LogP contribution is 2.22. The SMILES string of the molecule is COc1cccc(CC(C)NCc2cn(Cc3ccccc3)nc2-c2ccccc2)n1. The van der Waals surface area contributed by atoms with Gasteiger partial charge in [0.15, 0.2) is 0 Å². The first-order chi connectivity index (χ1) is 15.2. The monoisotopic (exact) mass is 412 g/mol. The number of aromatic nitrogens is 3. The Morgan fingerprint density at radius 2 is 1.68 bits per heavy atom. The van der Waals surface area contributed by atoms with Crippen LogP contribution in [-0.4, -0.2) is 27.9 Å². The van der Waals surface area contributed by atoms with Crippen LogP contribution in [0.2, 0.25) is 0 Å². The van der Waals surface area contributed by atoms with E-state index in [0.717, 1.165) is 36.5 Å². The van der Waals surface area contributed by atoms with Gasteiger partial charge in [0, 0.05) is 48.1 Å². The Morgan fingerprint density at radius 3 is 2.42 bits per heavy atom. The molecule has 4 rings (SSSR count). The van der Waals surface area contributed by atoms with Gasteiger partial charge in [0.2, 0.25) is 5.88 Å². The summed E-state index contributed by atoms with van der Waals surface area (Å²) in [6.07, 6.45) is 2.98. The zero-order valence-corrected chi connectivity index (χ0v) is 18.0. The molecule has 0 aliphatic heterocycles. The summed E-state index contributed by atoms with van der Waals surface area (Å²) in [6.45, 7) is 3.67. The van der Waals surface area contributed by atoms with E-state index in [2.05, 4.69) is 72.0 Å². The van der Waals surface area contributed by atoms with Crippen LogP contribution in [0.1, 0.15) is 23.7 Å². The molecule has 5 heteroatoms. The van der Waals surface area contributed by atoms with E-state index >= 15 is 0 Å². The molecule has 0 saturated heterocycles. The number of hydrogen-bond acceptors (Lipinski definition) is 4. The van der Waals surface area contributed by atoms with E-state index < -0.39 is 0 Å². The molecule has 0 radical (unpaired) electrons. The lowest BCUT2D eigenvalue weighted by Crippen LogP contribution is -2.28. The number of nitrogens with zero attached hydrogens (tertiary/aromatic N) is 3. The van der Waals surface area contributed by atoms with Crippen molar-refractivity contribution in [3.05, 3.63) is 102 Å². The van der Waals surface area contributed by atoms with E-state index in [1.807, 2.05) is 35.0 Å². The second-order valence-electron chi connectivity index (χ2n) is 7.71. The van der Waals surface area contributed by atoms with Crippen LogP contribution in [0.5, 0.6) is 5.88 Å². The smallest absolute Gasteiger partial charge is 0.213 e. The van der Waals surface area contributed by atoms with Gasteiger partial charge in [-0.15, -0.1) is 0 Å². The predicted molar refractivity (Wildman–Crippen MR) is 124 cm³/mol. The van der Waals surface area contributed by atoms with Crippen molar-refractivity contribution in [2.75, 3.05) is 7.11 Å². The largest absolute Gasteiger partial charge is 0.481 e. The maximum atomic E-state index is 5.24. The van der Waals surface area contributed by atoms with Gasteiger partial charge in [0.05, 0.1) is 19.3 Å². The lowest BCUT2D eigenvalue weighted by atomic mass is 10.1. The first-order valence-corrected chi connectivity index (χ1v) is 10.6. The molecule has 158 valence electrons. The second kappa shape index (κ2) is 10.0. The number of pyridine rings is 1. The molecule has 4 aromatic rings. The van der Waals surface area contributed by atoms with Gasteiger partial charge in [-0.2, -0.15) is 5.10 Å². The molecule has 0 aliphatic carbocycles. The third-order valence-electron chi connectivity index (χ3n) is 5.22. The molecule has 0 bridgehead atoms. The summed E-state index contributed by atoms with van der Waals surface area (Å²) < 4.78 is 7.27. The van der Waals surface area contributed by atoms with E-state index in [4.69, 9.17) is 9.84 Å². The Bertz CT molecular complexity index is 1090. The summed E-state index contributed by atoms with van der Waals surface area (Å²) >= 11 is 0. The summed E-state index contributed by atoms with van der Waals surface area (Å²) in [5.74, 6) is 0.651. The van der Waals surface area contributed by atoms with Gasteiger partial charge in [0.1, 0.15) is 0 Å². The molecule has 0 amide bonds. The van der Waals surface area contributed by atoms with Crippen molar-refractivity contribution >= 4 is 0 Å². The first-order valence-electron chi connectivity index (χ1n) is 10.6. The highest BCUT2D eigenvalue weighted by molar-refractivity contribution is 5.62. The van der Waals surface area contributed by atoms with Crippen molar-refractivity contribution in [1.29, 1.82) is 0 Å². The number of benzene rings is 2. The molecular weight excluding hydrogens is 384 g/mol. The summed E-state index contributed by atoms with van der Waals surface area (Å²) in [5, 5.41) is 8.55. The fourth-order valence-corrected chi connectivity index (χ4v) is 3.64. The van der Waals surface area contributed by atoms with Gasteiger partial charge < -0.3 is 10.1 Å². The predicted octanol–water partition coefficient (Wildman–Crippen LogP) is 4.72. The third-order valence-corrected chi connectivity index (χ3v) is 5.22. The van der Waals surface area contributed by atoms with Crippen molar-refractivity contribution in [3.63, 3.8) is 0 Å². The van der Waals surface area contributed by atoms with Crippen LogP contribution < -0.4 is 10.1 Å². The number of hydrogen-bond donors (Lipinski definition) is 1. The molecule has 2 aromatic carbocycles. The van der Waals surface area contributed by atoms with E-state index in [-0.39, 0.29) is 6.04 Å². The molecule has 2 heterocycles. The van der Waals surface area contributed by atoms with Gasteiger partial charge in [-0.25, -0.2) is 4.98 Å². The normalized spacial score (nSPS) is 11.9. The minimum atomic E-state index is 0.265. The van der Waals surface area contributed by atoms with E-state index in [0.29, 0.717) is 5.88 Å². The lowest BCUT2D eigenvalue weighted by Gasteiger charge is -2.14. The van der Waals surface area contributed by atoms with Crippen molar-refractivity contribution in [3.8, 4) is 17.1 Å². The zero-order chi connectivity index (χ0) is 21.5. The molecule has 31 heavy (non-hydrogen) atoms. The molecular formula is C26H28N4O. The maximum Gasteiger partial charge on any atom is 0.213 e. The minimum absolute atomic E-state index is 0.265. The molecule has 0 aliphatic rings. The average Bonchev–Trinajstić information content (AvgIpc) is 3.21. The first kappa shape index (κ1) is 20.8. The van der Waals surface area contributed by atoms with E-state index in [1.54, 1.807) is 7.11 Å². The van der Waals surface area contributed by atoms with Gasteiger partial charge in [-0.05, 0) is 18.6 Å². The lowest BCUT2D eigenvalue weighted by molar-refractivity contribution is 0.395. The van der Waals surface area contributed by atoms with Crippen molar-refractivity contribution in [2.24, 2.45) is 0 Å². The Kier molecular flexibility index (Phi) is 6.75. The average molecular weight is 413 g/mol. The second-order valence-corrected chi connectivity index (χ2v) is 7.71. The van der Waals surface area contributed by atoms with Crippen LogP contribution >= 0.6 is 0 Å². The third kappa shape index (κ3) is 5.58. The number of nitrogens with one attached hydrogen (secondary N) is 1. The fraction of sp³-hybridized carbons (Fsp3) is 0.231. The number of ether oxygens (including phenoxy) is 1. The molecule has 1 unspecified atom stereocenters. The Labute approximate surface area is 183 Å². The van der Waals surface area contributed by atoms with E-state index in [9.17, 15) is 0 Å². The van der Waals surface area contributed by atoms with E-state index in [1.165, 1.54) is 11.1 Å². The van der Waals surface area contributed by atoms with Crippen LogP contribution in [0.15, 0.2) is 85.1 Å². The molecule has 1 atom stereocenters. The van der Waals surface area contributed by atoms with Crippen LogP contribution in [0.4, 0.5) is 0 Å². The maximum absolute atomic E-state index is 5.24. The van der Waals surface area contributed by atoms with Crippen LogP contribution in [0.3, 0.4) is 0 Å². The van der Waals surface area contributed by atoms with Gasteiger partial charge in [0.25, 0.3) is 0 Å². The zero-order valence-electron chi connectivity index (χ0n) is 18.0. The molecule has 5 nitrogen and oxygen atoms in total. The van der Waals surface area contributed by atoms with Crippen LogP contribution in [0.25, 0.3) is 11.3 Å². The Balaban J connectivity index is 1.49. The number of methoxy groups -OCH3 is 1. The highest BCUT2D eigenvalue weighted by Gasteiger charge is 2.13. The van der Waals surface area contributed by atoms with Crippen LogP contribution in [-0.2, 0) is 19.5 Å². The van der Waals surface area contributed by atoms with Gasteiger partial charge >= 0.3 is 0 Å². The van der Waals surface area contributed by atoms with Crippen molar-refractivity contribution in [1.82, 2.24) is 20.1 Å². The fourth-order valence-electron chi connectivity index (χ4n) is 3.64. The summed E-state index contributed by atoms with van der Waals surface area (Å²) in [5.41, 5.74) is 5.60. The van der Waals surface area contributed by atoms with Crippen LogP contribution in [0, 0.1) is 0 Å².